The smallest absolute Gasteiger partial charge is 0.349 e. The lowest BCUT2D eigenvalue weighted by molar-refractivity contribution is -0.140. The second kappa shape index (κ2) is 8.27. The molecule has 7 nitrogen and oxygen atoms in total. The van der Waals surface area contributed by atoms with Crippen molar-refractivity contribution >= 4 is 22.8 Å². The van der Waals surface area contributed by atoms with E-state index in [0.717, 1.165) is 5.56 Å². The van der Waals surface area contributed by atoms with Crippen molar-refractivity contribution < 1.29 is 18.7 Å². The molecule has 0 saturated carbocycles. The zero-order valence-corrected chi connectivity index (χ0v) is 14.8. The molecular formula is C20H18N2O5. The van der Waals surface area contributed by atoms with Gasteiger partial charge in [-0.25, -0.2) is 4.79 Å². The van der Waals surface area contributed by atoms with E-state index in [1.165, 1.54) is 18.1 Å². The number of nitrogens with zero attached hydrogens (tertiary/aromatic N) is 2. The highest BCUT2D eigenvalue weighted by Crippen LogP contribution is 2.15. The van der Waals surface area contributed by atoms with E-state index in [2.05, 4.69) is 9.72 Å². The summed E-state index contributed by atoms with van der Waals surface area (Å²) in [5.74, 6) is -0.952. The molecule has 3 aromatic rings. The summed E-state index contributed by atoms with van der Waals surface area (Å²) in [6.45, 7) is 0.308. The number of fused-ring (bicyclic) bond motifs is 1. The maximum absolute atomic E-state index is 13.0. The highest BCUT2D eigenvalue weighted by molar-refractivity contribution is 5.96. The Labute approximate surface area is 155 Å². The number of rotatable bonds is 6. The Morgan fingerprint density at radius 3 is 2.74 bits per heavy atom. The second-order valence-electron chi connectivity index (χ2n) is 5.90. The molecule has 0 unspecified atom stereocenters. The van der Waals surface area contributed by atoms with Gasteiger partial charge in [-0.3, -0.25) is 14.6 Å². The molecule has 2 heterocycles. The zero-order chi connectivity index (χ0) is 19.2. The van der Waals surface area contributed by atoms with Crippen LogP contribution in [0.15, 0.2) is 64.1 Å². The Kier molecular flexibility index (Phi) is 5.61. The van der Waals surface area contributed by atoms with Gasteiger partial charge in [0.25, 0.3) is 5.91 Å². The molecule has 1 aromatic carbocycles. The van der Waals surface area contributed by atoms with E-state index in [9.17, 15) is 14.4 Å². The normalized spacial score (nSPS) is 10.6. The average Bonchev–Trinajstić information content (AvgIpc) is 2.70. The number of pyridine rings is 1. The molecule has 0 aliphatic carbocycles. The van der Waals surface area contributed by atoms with Crippen LogP contribution in [0.5, 0.6) is 0 Å². The third-order valence-electron chi connectivity index (χ3n) is 4.07. The molecule has 0 aliphatic heterocycles. The summed E-state index contributed by atoms with van der Waals surface area (Å²) < 4.78 is 9.90. The number of ether oxygens (including phenoxy) is 1. The molecule has 0 spiro atoms. The van der Waals surface area contributed by atoms with Gasteiger partial charge in [0.2, 0.25) is 0 Å². The molecule has 138 valence electrons. The van der Waals surface area contributed by atoms with Crippen LogP contribution in [0.4, 0.5) is 0 Å². The first-order valence-corrected chi connectivity index (χ1v) is 8.36. The number of carbonyl (C=O) groups is 2. The van der Waals surface area contributed by atoms with Gasteiger partial charge in [-0.1, -0.05) is 24.3 Å². The molecule has 0 saturated heterocycles. The summed E-state index contributed by atoms with van der Waals surface area (Å²) in [5, 5.41) is 0.648. The fourth-order valence-corrected chi connectivity index (χ4v) is 2.67. The minimum absolute atomic E-state index is 0.0153. The monoisotopic (exact) mass is 366 g/mol. The topological polar surface area (TPSA) is 89.7 Å². The third-order valence-corrected chi connectivity index (χ3v) is 4.07. The molecule has 1 amide bonds. The summed E-state index contributed by atoms with van der Waals surface area (Å²) in [5.41, 5.74) is 0.392. The van der Waals surface area contributed by atoms with E-state index >= 15 is 0 Å². The number of aromatic nitrogens is 1. The lowest BCUT2D eigenvalue weighted by atomic mass is 10.1. The van der Waals surface area contributed by atoms with Crippen LogP contribution in [0.25, 0.3) is 11.0 Å². The maximum Gasteiger partial charge on any atom is 0.349 e. The van der Waals surface area contributed by atoms with Crippen LogP contribution in [-0.4, -0.2) is 35.4 Å². The van der Waals surface area contributed by atoms with Crippen molar-refractivity contribution in [2.45, 2.75) is 13.0 Å². The van der Waals surface area contributed by atoms with Crippen LogP contribution < -0.4 is 5.63 Å². The van der Waals surface area contributed by atoms with Crippen molar-refractivity contribution in [2.24, 2.45) is 0 Å². The predicted molar refractivity (Wildman–Crippen MR) is 98.1 cm³/mol. The average molecular weight is 366 g/mol. The van der Waals surface area contributed by atoms with Crippen LogP contribution in [0.3, 0.4) is 0 Å². The van der Waals surface area contributed by atoms with Crippen LogP contribution in [0.1, 0.15) is 22.3 Å². The van der Waals surface area contributed by atoms with Gasteiger partial charge in [-0.05, 0) is 23.8 Å². The minimum Gasteiger partial charge on any atom is -0.469 e. The summed E-state index contributed by atoms with van der Waals surface area (Å²) >= 11 is 0. The van der Waals surface area contributed by atoms with Crippen LogP contribution in [0, 0.1) is 0 Å². The second-order valence-corrected chi connectivity index (χ2v) is 5.90. The molecule has 0 bridgehead atoms. The standard InChI is InChI=1S/C20H18N2O5/c1-26-18(23)8-10-22(13-14-5-4-9-21-12-14)19(24)16-11-15-6-2-3-7-17(15)27-20(16)25/h2-7,9,11-12H,8,10,13H2,1H3. The van der Waals surface area contributed by atoms with E-state index in [1.54, 1.807) is 42.7 Å². The van der Waals surface area contributed by atoms with Crippen molar-refractivity contribution in [3.63, 3.8) is 0 Å². The number of para-hydroxylation sites is 1. The van der Waals surface area contributed by atoms with Gasteiger partial charge < -0.3 is 14.1 Å². The van der Waals surface area contributed by atoms with E-state index in [0.29, 0.717) is 11.0 Å². The van der Waals surface area contributed by atoms with Gasteiger partial charge in [0.05, 0.1) is 13.5 Å². The molecule has 0 aliphatic rings. The van der Waals surface area contributed by atoms with E-state index < -0.39 is 17.5 Å². The van der Waals surface area contributed by atoms with Crippen molar-refractivity contribution in [2.75, 3.05) is 13.7 Å². The summed E-state index contributed by atoms with van der Waals surface area (Å²) in [6, 6.07) is 12.0. The first kappa shape index (κ1) is 18.3. The Balaban J connectivity index is 1.92. The maximum atomic E-state index is 13.0. The van der Waals surface area contributed by atoms with Gasteiger partial charge in [0.15, 0.2) is 0 Å². The fourth-order valence-electron chi connectivity index (χ4n) is 2.67. The molecular weight excluding hydrogens is 348 g/mol. The van der Waals surface area contributed by atoms with Gasteiger partial charge in [0.1, 0.15) is 11.1 Å². The van der Waals surface area contributed by atoms with Crippen molar-refractivity contribution in [1.29, 1.82) is 0 Å². The molecule has 27 heavy (non-hydrogen) atoms. The number of methoxy groups -OCH3 is 1. The lowest BCUT2D eigenvalue weighted by Crippen LogP contribution is -2.35. The van der Waals surface area contributed by atoms with Crippen LogP contribution in [-0.2, 0) is 16.1 Å². The van der Waals surface area contributed by atoms with Crippen molar-refractivity contribution in [3.8, 4) is 0 Å². The minimum atomic E-state index is -0.715. The molecule has 0 fully saturated rings. The highest BCUT2D eigenvalue weighted by atomic mass is 16.5. The first-order valence-electron chi connectivity index (χ1n) is 8.36. The Morgan fingerprint density at radius 2 is 2.00 bits per heavy atom. The fraction of sp³-hybridized carbons (Fsp3) is 0.200. The van der Waals surface area contributed by atoms with Crippen LogP contribution >= 0.6 is 0 Å². The SMILES string of the molecule is COC(=O)CCN(Cc1cccnc1)C(=O)c1cc2ccccc2oc1=O. The number of esters is 1. The van der Waals surface area contributed by atoms with Gasteiger partial charge in [0, 0.05) is 30.9 Å². The zero-order valence-electron chi connectivity index (χ0n) is 14.8. The number of hydrogen-bond acceptors (Lipinski definition) is 6. The number of benzene rings is 1. The number of hydrogen-bond donors (Lipinski definition) is 0. The molecule has 0 atom stereocenters. The van der Waals surface area contributed by atoms with E-state index in [-0.39, 0.29) is 25.1 Å². The summed E-state index contributed by atoms with van der Waals surface area (Å²) in [6.07, 6.45) is 3.27. The van der Waals surface area contributed by atoms with Crippen molar-refractivity contribution in [1.82, 2.24) is 9.88 Å². The summed E-state index contributed by atoms with van der Waals surface area (Å²) in [4.78, 5) is 42.3. The molecule has 3 rings (SSSR count). The number of amides is 1. The first-order chi connectivity index (χ1) is 13.1. The Hall–Kier alpha value is -3.48. The predicted octanol–water partition coefficient (Wildman–Crippen LogP) is 2.39. The van der Waals surface area contributed by atoms with E-state index in [4.69, 9.17) is 4.42 Å². The molecule has 7 heteroatoms. The number of carbonyl (C=O) groups excluding carboxylic acids is 2. The Bertz CT molecular complexity index is 1010. The van der Waals surface area contributed by atoms with Gasteiger partial charge >= 0.3 is 11.6 Å². The molecule has 0 radical (unpaired) electrons. The van der Waals surface area contributed by atoms with Crippen LogP contribution in [0.2, 0.25) is 0 Å². The highest BCUT2D eigenvalue weighted by Gasteiger charge is 2.22. The van der Waals surface area contributed by atoms with Crippen molar-refractivity contribution in [3.05, 3.63) is 76.4 Å². The molecule has 2 aromatic heterocycles. The largest absolute Gasteiger partial charge is 0.469 e. The Morgan fingerprint density at radius 1 is 1.19 bits per heavy atom. The summed E-state index contributed by atoms with van der Waals surface area (Å²) in [7, 11) is 1.29. The lowest BCUT2D eigenvalue weighted by Gasteiger charge is -2.22. The quantitative estimate of drug-likeness (QED) is 0.492. The third kappa shape index (κ3) is 4.38. The molecule has 0 N–H and O–H groups in total. The van der Waals surface area contributed by atoms with E-state index in [1.807, 2.05) is 6.07 Å². The van der Waals surface area contributed by atoms with Gasteiger partial charge in [-0.15, -0.1) is 0 Å². The van der Waals surface area contributed by atoms with Gasteiger partial charge in [-0.2, -0.15) is 0 Å².